The van der Waals surface area contributed by atoms with Gasteiger partial charge >= 0.3 is 13.9 Å². The maximum absolute atomic E-state index is 14.7. The van der Waals surface area contributed by atoms with E-state index in [-0.39, 0.29) is 56.5 Å². The van der Waals surface area contributed by atoms with E-state index in [0.29, 0.717) is 13.1 Å². The molecule has 1 amide bonds. The lowest BCUT2D eigenvalue weighted by atomic mass is 9.87. The van der Waals surface area contributed by atoms with Gasteiger partial charge in [0, 0.05) is 36.7 Å². The van der Waals surface area contributed by atoms with E-state index < -0.39 is 13.4 Å². The van der Waals surface area contributed by atoms with Crippen molar-refractivity contribution >= 4 is 36.4 Å². The van der Waals surface area contributed by atoms with Crippen molar-refractivity contribution in [3.63, 3.8) is 0 Å². The third kappa shape index (κ3) is 9.74. The lowest BCUT2D eigenvalue weighted by molar-refractivity contribution is 0.0204. The molecule has 1 aliphatic rings. The second-order valence-corrected chi connectivity index (χ2v) is 18.6. The minimum atomic E-state index is -4.02. The third-order valence-electron chi connectivity index (χ3n) is 11.1. The van der Waals surface area contributed by atoms with Crippen LogP contribution in [0.2, 0.25) is 0 Å². The number of likely N-dealkylation sites (tertiary alicyclic amines) is 1. The number of nitrogens with zero attached hydrogens (tertiary/aromatic N) is 5. The highest BCUT2D eigenvalue weighted by atomic mass is 31.2. The average Bonchev–Trinajstić information content (AvgIpc) is 3.85. The Kier molecular flexibility index (Phi) is 13.1. The molecule has 4 heterocycles. The second-order valence-electron chi connectivity index (χ2n) is 16.9. The molecular formula is C47H56N5O7P. The Morgan fingerprint density at radius 2 is 1.50 bits per heavy atom. The predicted molar refractivity (Wildman–Crippen MR) is 233 cm³/mol. The number of ether oxygens (including phenoxy) is 1. The highest BCUT2D eigenvalue weighted by Gasteiger charge is 2.31. The first-order valence-corrected chi connectivity index (χ1v) is 22.3. The van der Waals surface area contributed by atoms with Crippen molar-refractivity contribution in [2.24, 2.45) is 0 Å². The van der Waals surface area contributed by atoms with E-state index in [2.05, 4.69) is 49.1 Å². The number of pyridine rings is 1. The van der Waals surface area contributed by atoms with Crippen LogP contribution in [0.3, 0.4) is 0 Å². The van der Waals surface area contributed by atoms with Gasteiger partial charge in [-0.3, -0.25) is 22.9 Å². The zero-order chi connectivity index (χ0) is 42.6. The molecule has 1 fully saturated rings. The lowest BCUT2D eigenvalue weighted by Crippen LogP contribution is -2.41. The van der Waals surface area contributed by atoms with E-state index in [1.165, 1.54) is 5.56 Å². The number of hydrogen-bond acceptors (Lipinski definition) is 9. The molecule has 0 radical (unpaired) electrons. The number of aryl methyl sites for hydroxylation is 1. The minimum Gasteiger partial charge on any atom is -0.444 e. The van der Waals surface area contributed by atoms with Gasteiger partial charge < -0.3 is 9.64 Å². The third-order valence-corrected chi connectivity index (χ3v) is 12.5. The van der Waals surface area contributed by atoms with Crippen LogP contribution in [-0.2, 0) is 36.1 Å². The number of amides is 1. The van der Waals surface area contributed by atoms with Crippen molar-refractivity contribution in [2.45, 2.75) is 105 Å². The fourth-order valence-electron chi connectivity index (χ4n) is 7.94. The van der Waals surface area contributed by atoms with Gasteiger partial charge in [0.25, 0.3) is 0 Å². The summed E-state index contributed by atoms with van der Waals surface area (Å²) in [5.74, 6) is 0.182. The number of phosphoric acid groups is 1. The van der Waals surface area contributed by atoms with Crippen LogP contribution >= 0.6 is 7.82 Å². The lowest BCUT2D eigenvalue weighted by Gasteiger charge is -2.33. The molecule has 3 aromatic carbocycles. The number of phosphoric ester groups is 1. The fourth-order valence-corrected chi connectivity index (χ4v) is 9.13. The van der Waals surface area contributed by atoms with Crippen LogP contribution in [0.4, 0.5) is 4.79 Å². The largest absolute Gasteiger partial charge is 0.475 e. The van der Waals surface area contributed by atoms with E-state index in [1.807, 2.05) is 99.1 Å². The SMILES string of the molecule is Cc1c(-c2c(C(C)C)c3cc(C4CCN(C(=O)OC(C)(C)C)CC4)ccc3n2C(=O)CCCOP(=O)(OCc2ccccc2)OCc2ccccc2)cn2ncnc2c1C. The first kappa shape index (κ1) is 43.0. The minimum absolute atomic E-state index is 0.0205. The highest BCUT2D eigenvalue weighted by Crippen LogP contribution is 2.51. The van der Waals surface area contributed by atoms with Gasteiger partial charge in [-0.2, -0.15) is 5.10 Å². The summed E-state index contributed by atoms with van der Waals surface area (Å²) >= 11 is 0. The fraction of sp³-hybridized carbons (Fsp3) is 0.404. The number of fused-ring (bicyclic) bond motifs is 2. The van der Waals surface area contributed by atoms with Gasteiger partial charge in [-0.25, -0.2) is 18.9 Å². The summed E-state index contributed by atoms with van der Waals surface area (Å²) in [6, 6.07) is 25.3. The summed E-state index contributed by atoms with van der Waals surface area (Å²) in [6.45, 7) is 15.4. The van der Waals surface area contributed by atoms with Gasteiger partial charge in [0.1, 0.15) is 11.9 Å². The number of aromatic nitrogens is 4. The molecule has 6 aromatic rings. The molecule has 3 aromatic heterocycles. The summed E-state index contributed by atoms with van der Waals surface area (Å²) in [7, 11) is -4.02. The molecule has 0 saturated carbocycles. The van der Waals surface area contributed by atoms with Crippen molar-refractivity contribution < 1.29 is 32.5 Å². The summed E-state index contributed by atoms with van der Waals surface area (Å²) in [6.07, 6.45) is 5.24. The standard InChI is InChI=1S/C47H56N5O7P/c1-32(2)43-39-27-38(37-22-24-50(25-23-37)46(54)59-47(5,6)7)20-21-41(39)52(44(43)40-28-51-45(48-31-49-51)34(4)33(40)3)42(53)19-14-26-56-60(55,57-29-35-15-10-8-11-16-35)58-30-36-17-12-9-13-18-36/h8-13,15-18,20-21,27-28,31-32,37H,14,19,22-26,29-30H2,1-7H3. The molecule has 0 spiro atoms. The molecule has 7 rings (SSSR count). The van der Waals surface area contributed by atoms with E-state index in [1.54, 1.807) is 15.7 Å². The zero-order valence-electron chi connectivity index (χ0n) is 35.7. The Hall–Kier alpha value is -5.13. The van der Waals surface area contributed by atoms with Crippen LogP contribution in [0, 0.1) is 13.8 Å². The number of hydrogen-bond donors (Lipinski definition) is 0. The molecule has 1 aliphatic heterocycles. The molecule has 1 saturated heterocycles. The quantitative estimate of drug-likeness (QED) is 0.0778. The van der Waals surface area contributed by atoms with E-state index in [0.717, 1.165) is 68.5 Å². The summed E-state index contributed by atoms with van der Waals surface area (Å²) in [4.78, 5) is 33.8. The molecule has 0 aliphatic carbocycles. The van der Waals surface area contributed by atoms with Crippen LogP contribution < -0.4 is 0 Å². The van der Waals surface area contributed by atoms with E-state index >= 15 is 0 Å². The van der Waals surface area contributed by atoms with Gasteiger partial charge in [0.05, 0.1) is 31.0 Å². The molecule has 12 nitrogen and oxygen atoms in total. The van der Waals surface area contributed by atoms with Gasteiger partial charge in [-0.15, -0.1) is 0 Å². The normalized spacial score (nSPS) is 14.1. The van der Waals surface area contributed by atoms with E-state index in [4.69, 9.17) is 18.3 Å². The van der Waals surface area contributed by atoms with Crippen molar-refractivity contribution in [3.8, 4) is 11.3 Å². The first-order chi connectivity index (χ1) is 28.7. The molecule has 0 unspecified atom stereocenters. The van der Waals surface area contributed by atoms with Crippen molar-refractivity contribution in [1.29, 1.82) is 0 Å². The molecular weight excluding hydrogens is 778 g/mol. The Morgan fingerprint density at radius 3 is 2.10 bits per heavy atom. The van der Waals surface area contributed by atoms with Crippen molar-refractivity contribution in [1.82, 2.24) is 24.1 Å². The van der Waals surface area contributed by atoms with Gasteiger partial charge in [0.15, 0.2) is 5.65 Å². The van der Waals surface area contributed by atoms with Gasteiger partial charge in [-0.05, 0) is 111 Å². The molecule has 0 bridgehead atoms. The number of piperidine rings is 1. The summed E-state index contributed by atoms with van der Waals surface area (Å²) < 4.78 is 40.8. The molecule has 13 heteroatoms. The second kappa shape index (κ2) is 18.2. The van der Waals surface area contributed by atoms with Crippen LogP contribution in [-0.4, -0.2) is 61.4 Å². The Bertz CT molecular complexity index is 2450. The number of benzene rings is 3. The van der Waals surface area contributed by atoms with Crippen molar-refractivity contribution in [2.75, 3.05) is 19.7 Å². The van der Waals surface area contributed by atoms with E-state index in [9.17, 15) is 14.2 Å². The smallest absolute Gasteiger partial charge is 0.444 e. The van der Waals surface area contributed by atoms with Crippen molar-refractivity contribution in [3.05, 3.63) is 125 Å². The Morgan fingerprint density at radius 1 is 0.867 bits per heavy atom. The van der Waals surface area contributed by atoms with Crippen LogP contribution in [0.25, 0.3) is 27.8 Å². The van der Waals surface area contributed by atoms with Crippen LogP contribution in [0.5, 0.6) is 0 Å². The maximum atomic E-state index is 14.7. The number of carbonyl (C=O) groups excluding carboxylic acids is 2. The number of carbonyl (C=O) groups is 2. The Balaban J connectivity index is 1.17. The molecule has 0 atom stereocenters. The van der Waals surface area contributed by atoms with Crippen LogP contribution in [0.1, 0.15) is 110 Å². The first-order valence-electron chi connectivity index (χ1n) is 20.8. The number of rotatable bonds is 14. The Labute approximate surface area is 352 Å². The molecule has 60 heavy (non-hydrogen) atoms. The molecule has 316 valence electrons. The molecule has 0 N–H and O–H groups in total. The summed E-state index contributed by atoms with van der Waals surface area (Å²) in [5.41, 5.74) is 8.66. The van der Waals surface area contributed by atoms with Crippen LogP contribution in [0.15, 0.2) is 91.4 Å². The topological polar surface area (TPSA) is 126 Å². The maximum Gasteiger partial charge on any atom is 0.475 e. The summed E-state index contributed by atoms with van der Waals surface area (Å²) in [5, 5.41) is 5.50. The zero-order valence-corrected chi connectivity index (χ0v) is 36.6. The average molecular weight is 834 g/mol. The van der Waals surface area contributed by atoms with Gasteiger partial charge in [0.2, 0.25) is 5.91 Å². The predicted octanol–water partition coefficient (Wildman–Crippen LogP) is 11.2. The van der Waals surface area contributed by atoms with Gasteiger partial charge in [-0.1, -0.05) is 80.6 Å². The monoisotopic (exact) mass is 833 g/mol. The highest BCUT2D eigenvalue weighted by molar-refractivity contribution is 7.48.